The van der Waals surface area contributed by atoms with E-state index in [0.29, 0.717) is 24.4 Å². The van der Waals surface area contributed by atoms with Crippen LogP contribution in [-0.4, -0.2) is 24.1 Å². The van der Waals surface area contributed by atoms with Gasteiger partial charge in [-0.25, -0.2) is 5.06 Å². The normalized spacial score (nSPS) is 16.2. The highest BCUT2D eigenvalue weighted by Gasteiger charge is 2.19. The van der Waals surface area contributed by atoms with E-state index in [-0.39, 0.29) is 5.91 Å². The molecule has 1 aromatic rings. The molecule has 0 atom stereocenters. The van der Waals surface area contributed by atoms with Crippen LogP contribution < -0.4 is 5.73 Å². The number of hydrogen-bond donors (Lipinski definition) is 1. The van der Waals surface area contributed by atoms with E-state index >= 15 is 0 Å². The van der Waals surface area contributed by atoms with Gasteiger partial charge in [0.2, 0.25) is 0 Å². The highest BCUT2D eigenvalue weighted by Crippen LogP contribution is 2.22. The van der Waals surface area contributed by atoms with E-state index in [4.69, 9.17) is 10.6 Å². The van der Waals surface area contributed by atoms with E-state index < -0.39 is 0 Å². The molecule has 1 saturated heterocycles. The van der Waals surface area contributed by atoms with Crippen molar-refractivity contribution in [2.75, 3.05) is 18.9 Å². The number of carbonyl (C=O) groups excluding carboxylic acids is 1. The molecule has 0 unspecified atom stereocenters. The Morgan fingerprint density at radius 2 is 2.25 bits per heavy atom. The second-order valence-electron chi connectivity index (χ2n) is 3.68. The third-order valence-corrected chi connectivity index (χ3v) is 3.16. The molecule has 0 saturated carbocycles. The highest BCUT2D eigenvalue weighted by molar-refractivity contribution is 9.10. The Kier molecular flexibility index (Phi) is 3.46. The summed E-state index contributed by atoms with van der Waals surface area (Å²) >= 11 is 3.30. The Balaban J connectivity index is 2.16. The van der Waals surface area contributed by atoms with Gasteiger partial charge in [0.1, 0.15) is 0 Å². The topological polar surface area (TPSA) is 55.6 Å². The lowest BCUT2D eigenvalue weighted by Crippen LogP contribution is -2.35. The molecular formula is C11H13BrN2O2. The number of benzene rings is 1. The minimum atomic E-state index is -0.111. The fraction of sp³-hybridized carbons (Fsp3) is 0.364. The van der Waals surface area contributed by atoms with Gasteiger partial charge in [-0.2, -0.15) is 0 Å². The number of nitrogens with zero attached hydrogens (tertiary/aromatic N) is 1. The van der Waals surface area contributed by atoms with E-state index in [1.54, 1.807) is 18.2 Å². The van der Waals surface area contributed by atoms with Crippen molar-refractivity contribution >= 4 is 27.5 Å². The quantitative estimate of drug-likeness (QED) is 0.805. The summed E-state index contributed by atoms with van der Waals surface area (Å²) in [7, 11) is 0. The molecule has 4 nitrogen and oxygen atoms in total. The molecule has 86 valence electrons. The maximum atomic E-state index is 12.0. The van der Waals surface area contributed by atoms with Crippen molar-refractivity contribution < 1.29 is 9.63 Å². The summed E-state index contributed by atoms with van der Waals surface area (Å²) in [6, 6.07) is 5.14. The van der Waals surface area contributed by atoms with Gasteiger partial charge in [-0.3, -0.25) is 9.63 Å². The van der Waals surface area contributed by atoms with Crippen molar-refractivity contribution in [1.29, 1.82) is 0 Å². The fourth-order valence-corrected chi connectivity index (χ4v) is 1.94. The van der Waals surface area contributed by atoms with E-state index in [0.717, 1.165) is 17.3 Å². The number of hydrogen-bond acceptors (Lipinski definition) is 3. The van der Waals surface area contributed by atoms with E-state index in [9.17, 15) is 4.79 Å². The second kappa shape index (κ2) is 4.84. The van der Waals surface area contributed by atoms with Crippen LogP contribution in [0.3, 0.4) is 0 Å². The number of amides is 1. The van der Waals surface area contributed by atoms with Gasteiger partial charge in [0, 0.05) is 22.3 Å². The minimum Gasteiger partial charge on any atom is -0.398 e. The van der Waals surface area contributed by atoms with Crippen LogP contribution in [-0.2, 0) is 4.84 Å². The predicted octanol–water partition coefficient (Wildman–Crippen LogP) is 2.20. The molecule has 0 aliphatic carbocycles. The average Bonchev–Trinajstić information content (AvgIpc) is 2.33. The first-order valence-electron chi connectivity index (χ1n) is 5.18. The molecule has 16 heavy (non-hydrogen) atoms. The SMILES string of the molecule is Nc1ccc(C(=O)N2CCCCO2)cc1Br. The maximum absolute atomic E-state index is 12.0. The summed E-state index contributed by atoms with van der Waals surface area (Å²) in [6.07, 6.45) is 2.00. The maximum Gasteiger partial charge on any atom is 0.277 e. The van der Waals surface area contributed by atoms with Crippen molar-refractivity contribution in [3.63, 3.8) is 0 Å². The smallest absolute Gasteiger partial charge is 0.277 e. The summed E-state index contributed by atoms with van der Waals surface area (Å²) in [4.78, 5) is 17.3. The van der Waals surface area contributed by atoms with Crippen molar-refractivity contribution in [2.45, 2.75) is 12.8 Å². The number of nitrogens with two attached hydrogens (primary N) is 1. The van der Waals surface area contributed by atoms with Gasteiger partial charge in [-0.05, 0) is 47.0 Å². The molecule has 0 radical (unpaired) electrons. The van der Waals surface area contributed by atoms with Gasteiger partial charge in [0.05, 0.1) is 6.61 Å². The van der Waals surface area contributed by atoms with Crippen LogP contribution in [0.2, 0.25) is 0 Å². The Bertz CT molecular complexity index is 403. The first-order chi connectivity index (χ1) is 7.68. The van der Waals surface area contributed by atoms with E-state index in [2.05, 4.69) is 15.9 Å². The van der Waals surface area contributed by atoms with Gasteiger partial charge in [0.25, 0.3) is 5.91 Å². The number of nitrogen functional groups attached to an aromatic ring is 1. The number of hydroxylamine groups is 2. The molecule has 1 aliphatic heterocycles. The summed E-state index contributed by atoms with van der Waals surface area (Å²) in [6.45, 7) is 1.27. The van der Waals surface area contributed by atoms with Crippen molar-refractivity contribution in [3.05, 3.63) is 28.2 Å². The molecule has 1 amide bonds. The molecule has 5 heteroatoms. The first-order valence-corrected chi connectivity index (χ1v) is 5.97. The average molecular weight is 285 g/mol. The Labute approximate surface area is 102 Å². The molecule has 1 aliphatic rings. The lowest BCUT2D eigenvalue weighted by Gasteiger charge is -2.25. The molecular weight excluding hydrogens is 272 g/mol. The summed E-state index contributed by atoms with van der Waals surface area (Å²) in [5.41, 5.74) is 6.87. The van der Waals surface area contributed by atoms with Crippen LogP contribution >= 0.6 is 15.9 Å². The van der Waals surface area contributed by atoms with Crippen LogP contribution in [0.25, 0.3) is 0 Å². The van der Waals surface area contributed by atoms with Gasteiger partial charge in [-0.1, -0.05) is 0 Å². The second-order valence-corrected chi connectivity index (χ2v) is 4.54. The zero-order chi connectivity index (χ0) is 11.5. The van der Waals surface area contributed by atoms with Crippen LogP contribution in [0.15, 0.2) is 22.7 Å². The van der Waals surface area contributed by atoms with Crippen molar-refractivity contribution in [1.82, 2.24) is 5.06 Å². The molecule has 2 N–H and O–H groups in total. The zero-order valence-corrected chi connectivity index (χ0v) is 10.4. The third-order valence-electron chi connectivity index (χ3n) is 2.48. The molecule has 1 aromatic carbocycles. The molecule has 0 aromatic heterocycles. The fourth-order valence-electron chi connectivity index (χ4n) is 1.56. The molecule has 1 heterocycles. The summed E-state index contributed by atoms with van der Waals surface area (Å²) in [5.74, 6) is -0.111. The van der Waals surface area contributed by atoms with Gasteiger partial charge in [0.15, 0.2) is 0 Å². The summed E-state index contributed by atoms with van der Waals surface area (Å²) in [5, 5.41) is 1.42. The summed E-state index contributed by atoms with van der Waals surface area (Å²) < 4.78 is 0.732. The van der Waals surface area contributed by atoms with Crippen LogP contribution in [0.5, 0.6) is 0 Å². The third kappa shape index (κ3) is 2.36. The largest absolute Gasteiger partial charge is 0.398 e. The van der Waals surface area contributed by atoms with E-state index in [1.807, 2.05) is 0 Å². The molecule has 2 rings (SSSR count). The molecule has 0 bridgehead atoms. The predicted molar refractivity (Wildman–Crippen MR) is 64.8 cm³/mol. The first kappa shape index (κ1) is 11.4. The zero-order valence-electron chi connectivity index (χ0n) is 8.78. The number of rotatable bonds is 1. The van der Waals surface area contributed by atoms with Gasteiger partial charge >= 0.3 is 0 Å². The molecule has 1 fully saturated rings. The Hall–Kier alpha value is -1.07. The highest BCUT2D eigenvalue weighted by atomic mass is 79.9. The Morgan fingerprint density at radius 3 is 2.88 bits per heavy atom. The number of halogens is 1. The lowest BCUT2D eigenvalue weighted by atomic mass is 10.2. The Morgan fingerprint density at radius 1 is 1.44 bits per heavy atom. The van der Waals surface area contributed by atoms with E-state index in [1.165, 1.54) is 5.06 Å². The van der Waals surface area contributed by atoms with Crippen molar-refractivity contribution in [2.24, 2.45) is 0 Å². The number of carbonyl (C=O) groups is 1. The number of anilines is 1. The minimum absolute atomic E-state index is 0.111. The van der Waals surface area contributed by atoms with Gasteiger partial charge in [-0.15, -0.1) is 0 Å². The lowest BCUT2D eigenvalue weighted by molar-refractivity contribution is -0.144. The standard InChI is InChI=1S/C11H13BrN2O2/c12-9-7-8(3-4-10(9)13)11(15)14-5-1-2-6-16-14/h3-4,7H,1-2,5-6,13H2. The van der Waals surface area contributed by atoms with Crippen LogP contribution in [0, 0.1) is 0 Å². The monoisotopic (exact) mass is 284 g/mol. The van der Waals surface area contributed by atoms with Gasteiger partial charge < -0.3 is 5.73 Å². The van der Waals surface area contributed by atoms with Crippen LogP contribution in [0.4, 0.5) is 5.69 Å². The van der Waals surface area contributed by atoms with Crippen molar-refractivity contribution in [3.8, 4) is 0 Å². The van der Waals surface area contributed by atoms with Crippen LogP contribution in [0.1, 0.15) is 23.2 Å². The molecule has 0 spiro atoms.